The van der Waals surface area contributed by atoms with Crippen molar-refractivity contribution in [1.82, 2.24) is 0 Å². The zero-order valence-corrected chi connectivity index (χ0v) is 15.0. The zero-order chi connectivity index (χ0) is 18.1. The molecule has 0 fully saturated rings. The third-order valence-electron chi connectivity index (χ3n) is 4.11. The molecule has 0 amide bonds. The maximum atomic E-state index is 12.0. The number of allylic oxidation sites excluding steroid dienone is 3. The molecule has 2 rings (SSSR count). The number of fused-ring (bicyclic) bond motifs is 1. The van der Waals surface area contributed by atoms with Crippen molar-refractivity contribution in [3.63, 3.8) is 0 Å². The van der Waals surface area contributed by atoms with Gasteiger partial charge in [0.05, 0.1) is 12.7 Å². The van der Waals surface area contributed by atoms with E-state index in [1.807, 2.05) is 19.9 Å². The first-order chi connectivity index (χ1) is 11.2. The topological polar surface area (TPSA) is 93.1 Å². The fraction of sp³-hybridized carbons (Fsp3) is 0.353. The second-order valence-corrected chi connectivity index (χ2v) is 7.22. The first-order valence-electron chi connectivity index (χ1n) is 7.43. The molecule has 0 bridgehead atoms. The van der Waals surface area contributed by atoms with E-state index in [1.165, 1.54) is 6.08 Å². The third kappa shape index (κ3) is 3.78. The van der Waals surface area contributed by atoms with Gasteiger partial charge in [-0.15, -0.1) is 0 Å². The number of esters is 1. The van der Waals surface area contributed by atoms with E-state index in [2.05, 4.69) is 0 Å². The van der Waals surface area contributed by atoms with E-state index in [0.717, 1.165) is 28.1 Å². The van der Waals surface area contributed by atoms with Crippen molar-refractivity contribution in [3.8, 4) is 5.75 Å². The molecule has 0 saturated carbocycles. The predicted molar refractivity (Wildman–Crippen MR) is 90.2 cm³/mol. The average Bonchev–Trinajstić information content (AvgIpc) is 2.89. The molecule has 24 heavy (non-hydrogen) atoms. The molecular weight excluding hydrogens is 331 g/mol. The van der Waals surface area contributed by atoms with E-state index in [4.69, 9.17) is 19.3 Å². The Labute approximate surface area is 141 Å². The monoisotopic (exact) mass is 352 g/mol. The van der Waals surface area contributed by atoms with Gasteiger partial charge in [0, 0.05) is 16.9 Å². The normalized spacial score (nSPS) is 14.9. The van der Waals surface area contributed by atoms with Crippen molar-refractivity contribution in [2.45, 2.75) is 33.8 Å². The number of carbonyl (C=O) groups excluding carboxylic acids is 1. The van der Waals surface area contributed by atoms with Gasteiger partial charge in [0.2, 0.25) is 0 Å². The number of methoxy groups -OCH3 is 1. The summed E-state index contributed by atoms with van der Waals surface area (Å²) in [5.74, 6) is 1.26. The van der Waals surface area contributed by atoms with Crippen LogP contribution in [-0.2, 0) is 22.3 Å². The van der Waals surface area contributed by atoms with E-state index in [0.29, 0.717) is 23.3 Å². The summed E-state index contributed by atoms with van der Waals surface area (Å²) in [4.78, 5) is 29.7. The van der Waals surface area contributed by atoms with Crippen LogP contribution in [0.15, 0.2) is 23.5 Å². The van der Waals surface area contributed by atoms with Crippen LogP contribution in [0.1, 0.15) is 39.5 Å². The molecule has 0 atom stereocenters. The highest BCUT2D eigenvalue weighted by Crippen LogP contribution is 2.38. The Hall–Kier alpha value is -1.88. The van der Waals surface area contributed by atoms with Crippen LogP contribution >= 0.6 is 7.60 Å². The predicted octanol–water partition coefficient (Wildman–Crippen LogP) is 3.16. The van der Waals surface area contributed by atoms with Gasteiger partial charge in [-0.2, -0.15) is 0 Å². The SMILES string of the molecule is COc1c(C)c2c(c(C)c1C/C=C(C)/C=C/P(=O)(O)O)C(=O)OC2. The molecule has 1 heterocycles. The first-order valence-corrected chi connectivity index (χ1v) is 9.11. The summed E-state index contributed by atoms with van der Waals surface area (Å²) in [6.07, 6.45) is 3.70. The minimum absolute atomic E-state index is 0.261. The zero-order valence-electron chi connectivity index (χ0n) is 14.1. The van der Waals surface area contributed by atoms with Crippen LogP contribution < -0.4 is 4.74 Å². The maximum Gasteiger partial charge on any atom is 0.349 e. The molecule has 0 radical (unpaired) electrons. The fourth-order valence-corrected chi connectivity index (χ4v) is 3.26. The standard InChI is InChI=1S/C17H21O6P/c1-10(7-8-24(19,20)21)5-6-13-11(2)15-14(9-23-17(15)18)12(3)16(13)22-4/h5,7-8H,6,9H2,1-4H3,(H2,19,20,21)/b8-7+,10-5+. The van der Waals surface area contributed by atoms with Crippen molar-refractivity contribution in [2.24, 2.45) is 0 Å². The van der Waals surface area contributed by atoms with Crippen LogP contribution in [0.5, 0.6) is 5.75 Å². The lowest BCUT2D eigenvalue weighted by atomic mass is 9.91. The highest BCUT2D eigenvalue weighted by atomic mass is 31.2. The van der Waals surface area contributed by atoms with E-state index in [1.54, 1.807) is 14.0 Å². The Bertz CT molecular complexity index is 785. The van der Waals surface area contributed by atoms with Crippen LogP contribution in [0.3, 0.4) is 0 Å². The molecule has 0 unspecified atom stereocenters. The molecule has 2 N–H and O–H groups in total. The Kier molecular flexibility index (Phi) is 5.33. The van der Waals surface area contributed by atoms with Crippen LogP contribution in [0.2, 0.25) is 0 Å². The quantitative estimate of drug-likeness (QED) is 0.480. The number of cyclic esters (lactones) is 1. The Morgan fingerprint density at radius 3 is 2.58 bits per heavy atom. The number of rotatable bonds is 5. The highest BCUT2D eigenvalue weighted by molar-refractivity contribution is 7.55. The van der Waals surface area contributed by atoms with E-state index >= 15 is 0 Å². The maximum absolute atomic E-state index is 12.0. The van der Waals surface area contributed by atoms with Gasteiger partial charge in [0.15, 0.2) is 0 Å². The minimum atomic E-state index is -4.17. The van der Waals surface area contributed by atoms with Crippen molar-refractivity contribution in [3.05, 3.63) is 51.4 Å². The summed E-state index contributed by atoms with van der Waals surface area (Å²) < 4.78 is 21.5. The lowest BCUT2D eigenvalue weighted by molar-refractivity contribution is 0.0534. The first kappa shape index (κ1) is 18.5. The van der Waals surface area contributed by atoms with Gasteiger partial charge in [-0.1, -0.05) is 17.7 Å². The molecule has 130 valence electrons. The largest absolute Gasteiger partial charge is 0.496 e. The smallest absolute Gasteiger partial charge is 0.349 e. The van der Waals surface area contributed by atoms with E-state index in [-0.39, 0.29) is 12.6 Å². The minimum Gasteiger partial charge on any atom is -0.496 e. The second kappa shape index (κ2) is 6.93. The molecule has 0 aromatic heterocycles. The molecule has 7 heteroatoms. The van der Waals surface area contributed by atoms with Crippen LogP contribution in [0.4, 0.5) is 0 Å². The average molecular weight is 352 g/mol. The lowest BCUT2D eigenvalue weighted by Crippen LogP contribution is -2.06. The molecular formula is C17H21O6P. The molecule has 6 nitrogen and oxygen atoms in total. The van der Waals surface area contributed by atoms with Gasteiger partial charge in [-0.3, -0.25) is 4.57 Å². The van der Waals surface area contributed by atoms with Gasteiger partial charge >= 0.3 is 13.6 Å². The van der Waals surface area contributed by atoms with Crippen LogP contribution in [-0.4, -0.2) is 22.9 Å². The third-order valence-corrected chi connectivity index (χ3v) is 4.65. The molecule has 1 aliphatic heterocycles. The van der Waals surface area contributed by atoms with Crippen molar-refractivity contribution in [2.75, 3.05) is 7.11 Å². The van der Waals surface area contributed by atoms with Crippen LogP contribution in [0, 0.1) is 13.8 Å². The number of ether oxygens (including phenoxy) is 2. The lowest BCUT2D eigenvalue weighted by Gasteiger charge is -2.16. The number of hydrogen-bond donors (Lipinski definition) is 2. The highest BCUT2D eigenvalue weighted by Gasteiger charge is 2.29. The van der Waals surface area contributed by atoms with Gasteiger partial charge in [-0.05, 0) is 38.3 Å². The number of benzene rings is 1. The molecule has 0 spiro atoms. The van der Waals surface area contributed by atoms with E-state index in [9.17, 15) is 9.36 Å². The summed E-state index contributed by atoms with van der Waals surface area (Å²) in [6.45, 7) is 5.77. The van der Waals surface area contributed by atoms with Crippen molar-refractivity contribution in [1.29, 1.82) is 0 Å². The second-order valence-electron chi connectivity index (χ2n) is 5.75. The van der Waals surface area contributed by atoms with Gasteiger partial charge in [0.25, 0.3) is 0 Å². The summed E-state index contributed by atoms with van der Waals surface area (Å²) in [5, 5.41) is 0. The van der Waals surface area contributed by atoms with Crippen LogP contribution in [0.25, 0.3) is 0 Å². The fourth-order valence-electron chi connectivity index (χ4n) is 2.83. The molecule has 0 saturated heterocycles. The summed E-state index contributed by atoms with van der Waals surface area (Å²) >= 11 is 0. The van der Waals surface area contributed by atoms with Gasteiger partial charge in [-0.25, -0.2) is 4.79 Å². The Morgan fingerprint density at radius 2 is 2.00 bits per heavy atom. The number of carbonyl (C=O) groups is 1. The summed E-state index contributed by atoms with van der Waals surface area (Å²) in [6, 6.07) is 0. The van der Waals surface area contributed by atoms with E-state index < -0.39 is 7.60 Å². The van der Waals surface area contributed by atoms with Crippen molar-refractivity contribution >= 4 is 13.6 Å². The van der Waals surface area contributed by atoms with Gasteiger partial charge < -0.3 is 19.3 Å². The molecule has 0 aliphatic carbocycles. The summed E-state index contributed by atoms with van der Waals surface area (Å²) in [7, 11) is -2.59. The molecule has 1 aromatic carbocycles. The Morgan fingerprint density at radius 1 is 1.33 bits per heavy atom. The Balaban J connectivity index is 2.42. The molecule has 1 aromatic rings. The summed E-state index contributed by atoms with van der Waals surface area (Å²) in [5.41, 5.74) is 4.74. The number of hydrogen-bond acceptors (Lipinski definition) is 4. The molecule has 1 aliphatic rings. The van der Waals surface area contributed by atoms with Gasteiger partial charge in [0.1, 0.15) is 12.4 Å². The van der Waals surface area contributed by atoms with Crippen molar-refractivity contribution < 1.29 is 28.6 Å².